The molecule has 0 bridgehead atoms. The molecule has 0 saturated carbocycles. The van der Waals surface area contributed by atoms with Crippen LogP contribution in [0.4, 0.5) is 0 Å². The van der Waals surface area contributed by atoms with Gasteiger partial charge in [-0.2, -0.15) is 6.08 Å². The van der Waals surface area contributed by atoms with Crippen molar-refractivity contribution >= 4 is 49.6 Å². The van der Waals surface area contributed by atoms with Crippen LogP contribution in [0.25, 0.3) is 21.5 Å². The first kappa shape index (κ1) is 33.8. The Morgan fingerprint density at radius 3 is 1.38 bits per heavy atom. The zero-order valence-corrected chi connectivity index (χ0v) is 27.8. The molecule has 0 aromatic heterocycles. The molecule has 0 heterocycles. The van der Waals surface area contributed by atoms with Crippen LogP contribution in [0.5, 0.6) is 0 Å². The summed E-state index contributed by atoms with van der Waals surface area (Å²) in [5.41, 5.74) is 2.99. The average molecular weight is 645 g/mol. The fraction of sp³-hybridized carbons (Fsp3) is 0.189. The summed E-state index contributed by atoms with van der Waals surface area (Å²) >= 11 is 1.51. The van der Waals surface area contributed by atoms with Crippen molar-refractivity contribution in [1.82, 2.24) is 0 Å². The summed E-state index contributed by atoms with van der Waals surface area (Å²) in [4.78, 5) is 0. The number of hydrogen-bond donors (Lipinski definition) is 0. The molecule has 0 radical (unpaired) electrons. The quantitative estimate of drug-likeness (QED) is 0.171. The van der Waals surface area contributed by atoms with Crippen LogP contribution >= 0.6 is 24.8 Å². The summed E-state index contributed by atoms with van der Waals surface area (Å²) in [5, 5.41) is 5.39. The minimum Gasteiger partial charge on any atom is -0.273 e. The van der Waals surface area contributed by atoms with Crippen molar-refractivity contribution in [2.45, 2.75) is 44.9 Å². The van der Waals surface area contributed by atoms with Crippen molar-refractivity contribution in [3.8, 4) is 0 Å². The first-order chi connectivity index (χ1) is 18.3. The molecule has 0 unspecified atom stereocenters. The largest absolute Gasteiger partial charge is 0.273 e. The van der Waals surface area contributed by atoms with E-state index in [2.05, 4.69) is 155 Å². The molecule has 3 heteroatoms. The molecule has 0 nitrogen and oxygen atoms in total. The number of halogens is 2. The first-order valence-corrected chi connectivity index (χ1v) is 14.5. The molecular weight excluding hydrogens is 607 g/mol. The Labute approximate surface area is 267 Å². The van der Waals surface area contributed by atoms with Crippen molar-refractivity contribution < 1.29 is 24.2 Å². The first-order valence-electron chi connectivity index (χ1n) is 13.3. The number of allylic oxidation sites excluding steroid dienone is 4. The fourth-order valence-corrected chi connectivity index (χ4v) is 5.73. The van der Waals surface area contributed by atoms with E-state index in [4.69, 9.17) is 0 Å². The van der Waals surface area contributed by atoms with E-state index in [1.165, 1.54) is 56.9 Å². The van der Waals surface area contributed by atoms with Gasteiger partial charge in [-0.15, -0.1) is 71.0 Å². The summed E-state index contributed by atoms with van der Waals surface area (Å²) in [6.07, 6.45) is 10.0. The maximum absolute atomic E-state index is 2.99. The zero-order valence-electron chi connectivity index (χ0n) is 23.7. The average Bonchev–Trinajstić information content (AvgIpc) is 3.66. The van der Waals surface area contributed by atoms with Crippen LogP contribution in [0.15, 0.2) is 133 Å². The van der Waals surface area contributed by atoms with Crippen LogP contribution in [0, 0.1) is 6.08 Å². The Balaban J connectivity index is 0.000000239. The van der Waals surface area contributed by atoms with Gasteiger partial charge in [0.1, 0.15) is 0 Å². The molecule has 1 aliphatic rings. The van der Waals surface area contributed by atoms with Gasteiger partial charge in [0.15, 0.2) is 0 Å². The SMILES string of the molecule is CC(C)([C](=[Zr+2])C(C)(C)c1ccccc1)c1ccccc1.Cl.Cl.[C-]1=CC=CC1.c1ccc2c(c1)[cH-]c1ccccc12. The molecule has 0 amide bonds. The van der Waals surface area contributed by atoms with Crippen molar-refractivity contribution in [1.29, 1.82) is 0 Å². The van der Waals surface area contributed by atoms with Gasteiger partial charge in [0, 0.05) is 0 Å². The molecule has 5 aromatic rings. The molecule has 5 aromatic carbocycles. The van der Waals surface area contributed by atoms with Crippen molar-refractivity contribution in [2.75, 3.05) is 0 Å². The van der Waals surface area contributed by atoms with Crippen LogP contribution in [0.2, 0.25) is 0 Å². The maximum atomic E-state index is 2.99. The van der Waals surface area contributed by atoms with Gasteiger partial charge in [-0.25, -0.2) is 12.2 Å². The Bertz CT molecular complexity index is 1430. The second-order valence-corrected chi connectivity index (χ2v) is 11.9. The van der Waals surface area contributed by atoms with Gasteiger partial charge in [0.25, 0.3) is 0 Å². The number of benzene rings is 4. The molecule has 204 valence electrons. The number of rotatable bonds is 4. The molecular formula is C37H38Cl2Zr. The predicted octanol–water partition coefficient (Wildman–Crippen LogP) is 10.5. The zero-order chi connectivity index (χ0) is 27.0. The second kappa shape index (κ2) is 15.5. The fourth-order valence-electron chi connectivity index (χ4n) is 5.02. The van der Waals surface area contributed by atoms with Crippen molar-refractivity contribution in [3.63, 3.8) is 0 Å². The van der Waals surface area contributed by atoms with Crippen molar-refractivity contribution in [2.24, 2.45) is 0 Å². The van der Waals surface area contributed by atoms with Crippen LogP contribution in [-0.2, 0) is 35.1 Å². The summed E-state index contributed by atoms with van der Waals surface area (Å²) in [6.45, 7) is 9.38. The summed E-state index contributed by atoms with van der Waals surface area (Å²) in [6, 6.07) is 41.0. The van der Waals surface area contributed by atoms with Crippen LogP contribution < -0.4 is 0 Å². The molecule has 0 spiro atoms. The normalized spacial score (nSPS) is 11.9. The molecule has 1 aliphatic carbocycles. The molecule has 0 saturated heterocycles. The van der Waals surface area contributed by atoms with E-state index in [9.17, 15) is 0 Å². The van der Waals surface area contributed by atoms with Gasteiger partial charge in [-0.05, 0) is 0 Å². The van der Waals surface area contributed by atoms with Gasteiger partial charge < -0.3 is 0 Å². The molecule has 40 heavy (non-hydrogen) atoms. The second-order valence-electron chi connectivity index (χ2n) is 10.7. The minimum absolute atomic E-state index is 0. The Hall–Kier alpha value is -2.44. The van der Waals surface area contributed by atoms with Crippen molar-refractivity contribution in [3.05, 3.63) is 151 Å². The summed E-state index contributed by atoms with van der Waals surface area (Å²) < 4.78 is 1.58. The van der Waals surface area contributed by atoms with Gasteiger partial charge in [-0.1, -0.05) is 36.4 Å². The smallest absolute Gasteiger partial charge is 0.0771 e. The van der Waals surface area contributed by atoms with E-state index in [-0.39, 0.29) is 35.6 Å². The number of fused-ring (bicyclic) bond motifs is 3. The standard InChI is InChI=1S/C19H22.C13H9.C5H5.2ClH.Zr/c1-18(2,16-11-7-5-8-12-16)15-19(3,4)17-13-9-6-10-14-17;1-3-7-12-10(5-1)9-11-6-2-4-8-13(11)12;1-2-4-5-3-1;;;/h5-14H,1-4H3;1-9H;1-3H,4H2;2*1H;/q;2*-1;;;+2. The van der Waals surface area contributed by atoms with Crippen LogP contribution in [0.1, 0.15) is 45.2 Å². The summed E-state index contributed by atoms with van der Waals surface area (Å²) in [5.74, 6) is 0. The van der Waals surface area contributed by atoms with Gasteiger partial charge in [0.05, 0.1) is 0 Å². The Kier molecular flexibility index (Phi) is 13.1. The van der Waals surface area contributed by atoms with E-state index in [1.54, 1.807) is 3.21 Å². The Morgan fingerprint density at radius 1 is 0.625 bits per heavy atom. The molecule has 6 rings (SSSR count). The van der Waals surface area contributed by atoms with E-state index in [0.29, 0.717) is 0 Å². The van der Waals surface area contributed by atoms with Gasteiger partial charge >= 0.3 is 138 Å². The molecule has 0 N–H and O–H groups in total. The van der Waals surface area contributed by atoms with Gasteiger partial charge in [-0.3, -0.25) is 6.08 Å². The summed E-state index contributed by atoms with van der Waals surface area (Å²) in [7, 11) is 0. The van der Waals surface area contributed by atoms with E-state index < -0.39 is 0 Å². The minimum atomic E-state index is 0. The Morgan fingerprint density at radius 2 is 1.02 bits per heavy atom. The van der Waals surface area contributed by atoms with Crippen LogP contribution in [0.3, 0.4) is 0 Å². The van der Waals surface area contributed by atoms with E-state index in [0.717, 1.165) is 6.42 Å². The third-order valence-corrected chi connectivity index (χ3v) is 10.4. The third kappa shape index (κ3) is 8.07. The topological polar surface area (TPSA) is 0 Å². The molecule has 0 aliphatic heterocycles. The predicted molar refractivity (Wildman–Crippen MR) is 177 cm³/mol. The maximum Gasteiger partial charge on any atom is -0.0771 e. The van der Waals surface area contributed by atoms with E-state index in [1.807, 2.05) is 12.2 Å². The monoisotopic (exact) mass is 642 g/mol. The third-order valence-electron chi connectivity index (χ3n) is 7.35. The molecule has 0 atom stereocenters. The van der Waals surface area contributed by atoms with Crippen LogP contribution in [-0.4, -0.2) is 3.21 Å². The number of hydrogen-bond acceptors (Lipinski definition) is 0. The van der Waals surface area contributed by atoms with E-state index >= 15 is 0 Å². The van der Waals surface area contributed by atoms with Gasteiger partial charge in [0.2, 0.25) is 0 Å². The molecule has 0 fully saturated rings.